The summed E-state index contributed by atoms with van der Waals surface area (Å²) in [5, 5.41) is 3.30. The second kappa shape index (κ2) is 9.47. The van der Waals surface area contributed by atoms with Gasteiger partial charge in [0, 0.05) is 33.3 Å². The van der Waals surface area contributed by atoms with E-state index in [1.807, 2.05) is 0 Å². The minimum absolute atomic E-state index is 0.0415. The van der Waals surface area contributed by atoms with Gasteiger partial charge in [0.1, 0.15) is 11.9 Å². The summed E-state index contributed by atoms with van der Waals surface area (Å²) in [5.41, 5.74) is 0.921. The zero-order valence-electron chi connectivity index (χ0n) is 15.9. The molecule has 2 aliphatic heterocycles. The molecular weight excluding hydrogens is 375 g/mol. The van der Waals surface area contributed by atoms with Gasteiger partial charge in [-0.25, -0.2) is 0 Å². The second-order valence-electron chi connectivity index (χ2n) is 6.86. The van der Waals surface area contributed by atoms with Gasteiger partial charge in [0.2, 0.25) is 0 Å². The molecule has 1 aromatic rings. The maximum Gasteiger partial charge on any atom is 0.422 e. The van der Waals surface area contributed by atoms with Gasteiger partial charge in [-0.2, -0.15) is 13.2 Å². The second-order valence-corrected chi connectivity index (χ2v) is 6.86. The Labute approximate surface area is 162 Å². The molecule has 2 saturated heterocycles. The lowest BCUT2D eigenvalue weighted by Gasteiger charge is -2.37. The number of hydrogen-bond acceptors (Lipinski definition) is 4. The van der Waals surface area contributed by atoms with Crippen LogP contribution in [0.1, 0.15) is 18.4 Å². The molecule has 1 aromatic carbocycles. The first-order valence-corrected chi connectivity index (χ1v) is 9.42. The number of alkyl halides is 3. The Bertz CT molecular complexity index is 646. The Kier molecular flexibility index (Phi) is 7.01. The van der Waals surface area contributed by atoms with Crippen molar-refractivity contribution in [2.45, 2.75) is 37.8 Å². The number of hydrogen-bond donors (Lipinski definition) is 1. The molecule has 0 aromatic heterocycles. The van der Waals surface area contributed by atoms with E-state index >= 15 is 0 Å². The first kappa shape index (κ1) is 20.7. The van der Waals surface area contributed by atoms with Crippen molar-refractivity contribution >= 4 is 5.96 Å². The number of morpholine rings is 1. The highest BCUT2D eigenvalue weighted by Gasteiger charge is 2.32. The van der Waals surface area contributed by atoms with Crippen LogP contribution < -0.4 is 10.1 Å². The number of rotatable bonds is 5. The number of nitrogens with one attached hydrogen (secondary N) is 1. The molecule has 28 heavy (non-hydrogen) atoms. The van der Waals surface area contributed by atoms with Crippen LogP contribution in [0.2, 0.25) is 0 Å². The molecule has 2 atom stereocenters. The largest absolute Gasteiger partial charge is 0.484 e. The van der Waals surface area contributed by atoms with Crippen molar-refractivity contribution < 1.29 is 27.4 Å². The smallest absolute Gasteiger partial charge is 0.422 e. The number of benzene rings is 1. The molecule has 0 radical (unpaired) electrons. The first-order chi connectivity index (χ1) is 13.4. The monoisotopic (exact) mass is 401 g/mol. The van der Waals surface area contributed by atoms with Gasteiger partial charge in [-0.1, -0.05) is 12.1 Å². The third kappa shape index (κ3) is 6.00. The molecule has 0 spiro atoms. The van der Waals surface area contributed by atoms with Crippen molar-refractivity contribution in [2.24, 2.45) is 4.99 Å². The zero-order valence-corrected chi connectivity index (χ0v) is 15.9. The van der Waals surface area contributed by atoms with E-state index in [0.717, 1.165) is 37.5 Å². The van der Waals surface area contributed by atoms with Gasteiger partial charge < -0.3 is 24.4 Å². The van der Waals surface area contributed by atoms with Crippen molar-refractivity contribution in [2.75, 3.05) is 40.0 Å². The maximum absolute atomic E-state index is 12.2. The standard InChI is InChI=1S/C19H26F3N3O3/c1-23-18(25-8-10-27-17(12-25)16-3-2-9-26-16)24-11-14-4-6-15(7-5-14)28-13-19(20,21)22/h4-7,16-17H,2-3,8-13H2,1H3,(H,23,24). The van der Waals surface area contributed by atoms with Gasteiger partial charge in [0.25, 0.3) is 0 Å². The van der Waals surface area contributed by atoms with E-state index in [9.17, 15) is 13.2 Å². The minimum Gasteiger partial charge on any atom is -0.484 e. The number of nitrogens with zero attached hydrogens (tertiary/aromatic N) is 2. The molecule has 0 saturated carbocycles. The molecule has 0 amide bonds. The van der Waals surface area contributed by atoms with E-state index in [1.165, 1.54) is 12.1 Å². The van der Waals surface area contributed by atoms with Crippen molar-refractivity contribution in [3.8, 4) is 5.75 Å². The summed E-state index contributed by atoms with van der Waals surface area (Å²) in [6.45, 7) is 2.09. The molecule has 2 heterocycles. The highest BCUT2D eigenvalue weighted by molar-refractivity contribution is 5.80. The topological polar surface area (TPSA) is 55.3 Å². The Balaban J connectivity index is 1.49. The average molecular weight is 401 g/mol. The van der Waals surface area contributed by atoms with Crippen LogP contribution in [0.4, 0.5) is 13.2 Å². The first-order valence-electron chi connectivity index (χ1n) is 9.42. The fourth-order valence-electron chi connectivity index (χ4n) is 3.37. The number of ether oxygens (including phenoxy) is 3. The van der Waals surface area contributed by atoms with Gasteiger partial charge >= 0.3 is 6.18 Å². The molecular formula is C19H26F3N3O3. The van der Waals surface area contributed by atoms with E-state index < -0.39 is 12.8 Å². The van der Waals surface area contributed by atoms with Crippen LogP contribution >= 0.6 is 0 Å². The summed E-state index contributed by atoms with van der Waals surface area (Å²) in [5.74, 6) is 0.960. The van der Waals surface area contributed by atoms with Crippen molar-refractivity contribution in [3.05, 3.63) is 29.8 Å². The zero-order chi connectivity index (χ0) is 20.0. The molecule has 2 aliphatic rings. The maximum atomic E-state index is 12.2. The normalized spacial score (nSPS) is 23.7. The van der Waals surface area contributed by atoms with Crippen molar-refractivity contribution in [1.82, 2.24) is 10.2 Å². The lowest BCUT2D eigenvalue weighted by atomic mass is 10.1. The molecule has 0 aliphatic carbocycles. The van der Waals surface area contributed by atoms with Crippen LogP contribution in [0, 0.1) is 0 Å². The number of halogens is 3. The third-order valence-corrected chi connectivity index (χ3v) is 4.76. The molecule has 0 bridgehead atoms. The molecule has 2 fully saturated rings. The molecule has 6 nitrogen and oxygen atoms in total. The van der Waals surface area contributed by atoms with E-state index in [0.29, 0.717) is 19.7 Å². The lowest BCUT2D eigenvalue weighted by molar-refractivity contribution is -0.153. The Morgan fingerprint density at radius 3 is 2.61 bits per heavy atom. The van der Waals surface area contributed by atoms with Crippen molar-refractivity contribution in [1.29, 1.82) is 0 Å². The molecule has 2 unspecified atom stereocenters. The summed E-state index contributed by atoms with van der Waals surface area (Å²) < 4.78 is 52.9. The summed E-state index contributed by atoms with van der Waals surface area (Å²) in [4.78, 5) is 6.50. The van der Waals surface area contributed by atoms with Gasteiger partial charge in [-0.15, -0.1) is 0 Å². The van der Waals surface area contributed by atoms with Crippen LogP contribution in [-0.2, 0) is 16.0 Å². The van der Waals surface area contributed by atoms with Crippen LogP contribution in [0.15, 0.2) is 29.3 Å². The quantitative estimate of drug-likeness (QED) is 0.607. The molecule has 3 rings (SSSR count). The SMILES string of the molecule is CN=C(NCc1ccc(OCC(F)(F)F)cc1)N1CCOC(C2CCCO2)C1. The van der Waals surface area contributed by atoms with E-state index in [1.54, 1.807) is 19.2 Å². The molecule has 1 N–H and O–H groups in total. The Hall–Kier alpha value is -2.00. The van der Waals surface area contributed by atoms with Crippen LogP contribution in [-0.4, -0.2) is 69.2 Å². The summed E-state index contributed by atoms with van der Waals surface area (Å²) in [6, 6.07) is 6.54. The van der Waals surface area contributed by atoms with Gasteiger partial charge in [0.05, 0.1) is 12.7 Å². The minimum atomic E-state index is -4.34. The van der Waals surface area contributed by atoms with Crippen LogP contribution in [0.3, 0.4) is 0 Å². The average Bonchev–Trinajstić information content (AvgIpc) is 3.22. The van der Waals surface area contributed by atoms with E-state index in [2.05, 4.69) is 15.2 Å². The predicted molar refractivity (Wildman–Crippen MR) is 98.5 cm³/mol. The van der Waals surface area contributed by atoms with Crippen LogP contribution in [0.25, 0.3) is 0 Å². The number of guanidine groups is 1. The lowest BCUT2D eigenvalue weighted by Crippen LogP contribution is -2.53. The third-order valence-electron chi connectivity index (χ3n) is 4.76. The fourth-order valence-corrected chi connectivity index (χ4v) is 3.37. The van der Waals surface area contributed by atoms with E-state index in [-0.39, 0.29) is 18.0 Å². The van der Waals surface area contributed by atoms with E-state index in [4.69, 9.17) is 14.2 Å². The highest BCUT2D eigenvalue weighted by Crippen LogP contribution is 2.21. The number of aliphatic imine (C=N–C) groups is 1. The Morgan fingerprint density at radius 1 is 1.21 bits per heavy atom. The Morgan fingerprint density at radius 2 is 1.96 bits per heavy atom. The molecule has 156 valence electrons. The van der Waals surface area contributed by atoms with Gasteiger partial charge in [-0.3, -0.25) is 4.99 Å². The summed E-state index contributed by atoms with van der Waals surface area (Å²) >= 11 is 0. The fraction of sp³-hybridized carbons (Fsp3) is 0.632. The van der Waals surface area contributed by atoms with Gasteiger partial charge in [0.15, 0.2) is 12.6 Å². The summed E-state index contributed by atoms with van der Waals surface area (Å²) in [7, 11) is 1.73. The van der Waals surface area contributed by atoms with Crippen LogP contribution in [0.5, 0.6) is 5.75 Å². The summed E-state index contributed by atoms with van der Waals surface area (Å²) in [6.07, 6.45) is -2.07. The highest BCUT2D eigenvalue weighted by atomic mass is 19.4. The van der Waals surface area contributed by atoms with Crippen molar-refractivity contribution in [3.63, 3.8) is 0 Å². The van der Waals surface area contributed by atoms with Gasteiger partial charge in [-0.05, 0) is 30.5 Å². The predicted octanol–water partition coefficient (Wildman–Crippen LogP) is 2.58. The molecule has 9 heteroatoms.